The molecule has 6 aromatic carbocycles. The lowest BCUT2D eigenvalue weighted by Gasteiger charge is -2.13. The van der Waals surface area contributed by atoms with Gasteiger partial charge in [-0.05, 0) is 95.1 Å². The summed E-state index contributed by atoms with van der Waals surface area (Å²) in [5, 5.41) is 18.9. The number of esters is 1. The molecule has 0 fully saturated rings. The Morgan fingerprint density at radius 1 is 0.592 bits per heavy atom. The number of hydrogen-bond donors (Lipinski definition) is 2. The van der Waals surface area contributed by atoms with Crippen LogP contribution in [0.25, 0.3) is 22.3 Å². The van der Waals surface area contributed by atoms with Crippen LogP contribution in [0.4, 0.5) is 0 Å². The summed E-state index contributed by atoms with van der Waals surface area (Å²) in [7, 11) is 0. The van der Waals surface area contributed by atoms with Crippen molar-refractivity contribution in [1.29, 1.82) is 0 Å². The highest BCUT2D eigenvalue weighted by atomic mass is 32.2. The lowest BCUT2D eigenvalue weighted by atomic mass is 9.99. The second kappa shape index (κ2) is 16.7. The van der Waals surface area contributed by atoms with Crippen LogP contribution >= 0.6 is 11.8 Å². The lowest BCUT2D eigenvalue weighted by Crippen LogP contribution is -2.14. The number of carboxylic acid groups (broad SMARTS) is 1. The minimum absolute atomic E-state index is 0.0174. The monoisotopic (exact) mass is 670 g/mol. The summed E-state index contributed by atoms with van der Waals surface area (Å²) < 4.78 is 11.6. The average molecular weight is 671 g/mol. The second-order valence-electron chi connectivity index (χ2n) is 10.4. The molecule has 0 aliphatic rings. The zero-order valence-electron chi connectivity index (χ0n) is 26.0. The quantitative estimate of drug-likeness (QED) is 0.0601. The Balaban J connectivity index is 0.00000230. The molecule has 0 aliphatic heterocycles. The predicted octanol–water partition coefficient (Wildman–Crippen LogP) is 9.69. The molecular weight excluding hydrogens is 640 g/mol. The van der Waals surface area contributed by atoms with E-state index in [0.29, 0.717) is 28.4 Å². The first-order chi connectivity index (χ1) is 24.0. The van der Waals surface area contributed by atoms with Crippen LogP contribution in [0.3, 0.4) is 0 Å². The predicted molar refractivity (Wildman–Crippen MR) is 187 cm³/mol. The molecule has 0 atom stereocenters. The number of carboxylic acids is 1. The molecule has 244 valence electrons. The van der Waals surface area contributed by atoms with Crippen LogP contribution in [0.1, 0.15) is 26.3 Å². The summed E-state index contributed by atoms with van der Waals surface area (Å²) in [5.74, 6) is -0.458. The number of carbonyl (C=O) groups excluding carboxylic acids is 2. The molecule has 0 amide bonds. The molecule has 0 aromatic heterocycles. The molecular formula is C40H30O8S. The summed E-state index contributed by atoms with van der Waals surface area (Å²) in [6, 6.07) is 44.2. The molecule has 6 rings (SSSR count). The molecule has 49 heavy (non-hydrogen) atoms. The van der Waals surface area contributed by atoms with Gasteiger partial charge in [-0.1, -0.05) is 84.6 Å². The number of benzene rings is 6. The molecule has 0 spiro atoms. The van der Waals surface area contributed by atoms with E-state index in [0.717, 1.165) is 26.5 Å². The number of hydrogen-bond acceptors (Lipinski definition) is 8. The highest BCUT2D eigenvalue weighted by Crippen LogP contribution is 2.34. The molecule has 0 radical (unpaired) electrons. The van der Waals surface area contributed by atoms with Gasteiger partial charge in [-0.3, -0.25) is 5.26 Å². The SMILES string of the molecule is C=O.O=C(O)c1cc(-c2ccccc2)ccc1C(=O)Oc1ccc(Sc2ccc(Oc3ccc(-c4ccccc4)cc3COO)cc2)cc1. The Hall–Kier alpha value is -6.00. The Kier molecular flexibility index (Phi) is 11.7. The normalized spacial score (nSPS) is 10.4. The molecule has 6 aromatic rings. The van der Waals surface area contributed by atoms with Crippen molar-refractivity contribution in [2.75, 3.05) is 0 Å². The van der Waals surface area contributed by atoms with Gasteiger partial charge in [0.25, 0.3) is 0 Å². The molecule has 0 heterocycles. The maximum atomic E-state index is 12.9. The van der Waals surface area contributed by atoms with E-state index in [9.17, 15) is 14.7 Å². The fraction of sp³-hybridized carbons (Fsp3) is 0.0250. The third-order valence-corrected chi connectivity index (χ3v) is 8.30. The van der Waals surface area contributed by atoms with Gasteiger partial charge < -0.3 is 19.4 Å². The van der Waals surface area contributed by atoms with Gasteiger partial charge in [-0.2, -0.15) is 0 Å². The van der Waals surface area contributed by atoms with Crippen LogP contribution in [0, 0.1) is 0 Å². The van der Waals surface area contributed by atoms with Crippen molar-refractivity contribution in [3.8, 4) is 39.5 Å². The van der Waals surface area contributed by atoms with Gasteiger partial charge in [0.2, 0.25) is 0 Å². The van der Waals surface area contributed by atoms with E-state index in [1.165, 1.54) is 23.9 Å². The van der Waals surface area contributed by atoms with E-state index in [-0.39, 0.29) is 17.7 Å². The van der Waals surface area contributed by atoms with E-state index >= 15 is 0 Å². The van der Waals surface area contributed by atoms with Gasteiger partial charge in [0.05, 0.1) is 11.1 Å². The fourth-order valence-electron chi connectivity index (χ4n) is 4.96. The third-order valence-electron chi connectivity index (χ3n) is 7.29. The van der Waals surface area contributed by atoms with Crippen molar-refractivity contribution in [2.45, 2.75) is 16.4 Å². The van der Waals surface area contributed by atoms with Crippen molar-refractivity contribution in [3.05, 3.63) is 162 Å². The molecule has 0 saturated heterocycles. The zero-order chi connectivity index (χ0) is 34.6. The van der Waals surface area contributed by atoms with Gasteiger partial charge in [0.1, 0.15) is 30.6 Å². The first kappa shape index (κ1) is 34.3. The van der Waals surface area contributed by atoms with Crippen LogP contribution in [-0.2, 0) is 16.3 Å². The van der Waals surface area contributed by atoms with Crippen LogP contribution in [-0.4, -0.2) is 29.1 Å². The first-order valence-corrected chi connectivity index (χ1v) is 15.7. The Morgan fingerprint density at radius 3 is 1.67 bits per heavy atom. The number of rotatable bonds is 11. The van der Waals surface area contributed by atoms with E-state index < -0.39 is 11.9 Å². The van der Waals surface area contributed by atoms with Crippen LogP contribution in [0.5, 0.6) is 17.2 Å². The number of aromatic carboxylic acids is 1. The molecule has 8 nitrogen and oxygen atoms in total. The Labute approximate surface area is 287 Å². The van der Waals surface area contributed by atoms with Crippen molar-refractivity contribution >= 4 is 30.5 Å². The largest absolute Gasteiger partial charge is 0.478 e. The smallest absolute Gasteiger partial charge is 0.344 e. The van der Waals surface area contributed by atoms with Gasteiger partial charge in [-0.25, -0.2) is 14.5 Å². The standard InChI is InChI=1S/C39H28O7S.CH2O/c40-38(41)36-24-29(27-9-5-2-6-10-27)11-21-35(36)39(42)46-32-15-19-34(20-16-32)47-33-17-13-31(14-18-33)45-37-22-12-28(23-30(37)25-44-43)26-7-3-1-4-8-26;1-2/h1-24,43H,25H2,(H,40,41);1H2. The van der Waals surface area contributed by atoms with Crippen molar-refractivity contribution in [1.82, 2.24) is 0 Å². The average Bonchev–Trinajstić information content (AvgIpc) is 3.15. The Bertz CT molecular complexity index is 2010. The summed E-state index contributed by atoms with van der Waals surface area (Å²) in [6.07, 6.45) is 0. The highest BCUT2D eigenvalue weighted by Gasteiger charge is 2.20. The molecule has 0 unspecified atom stereocenters. The van der Waals surface area contributed by atoms with E-state index in [1.807, 2.05) is 122 Å². The molecule has 0 aliphatic carbocycles. The minimum atomic E-state index is -1.21. The molecule has 9 heteroatoms. The zero-order valence-corrected chi connectivity index (χ0v) is 26.8. The number of carbonyl (C=O) groups is 3. The maximum absolute atomic E-state index is 12.9. The summed E-state index contributed by atoms with van der Waals surface area (Å²) in [4.78, 5) is 39.2. The van der Waals surface area contributed by atoms with Crippen molar-refractivity contribution in [2.24, 2.45) is 0 Å². The molecule has 0 saturated carbocycles. The van der Waals surface area contributed by atoms with E-state index in [2.05, 4.69) is 4.89 Å². The first-order valence-electron chi connectivity index (χ1n) is 14.9. The van der Waals surface area contributed by atoms with E-state index in [4.69, 9.17) is 19.5 Å². The van der Waals surface area contributed by atoms with Crippen LogP contribution < -0.4 is 9.47 Å². The van der Waals surface area contributed by atoms with Crippen LogP contribution in [0.2, 0.25) is 0 Å². The summed E-state index contributed by atoms with van der Waals surface area (Å²) >= 11 is 1.52. The third kappa shape index (κ3) is 8.88. The maximum Gasteiger partial charge on any atom is 0.344 e. The van der Waals surface area contributed by atoms with Gasteiger partial charge in [0, 0.05) is 15.4 Å². The van der Waals surface area contributed by atoms with Crippen molar-refractivity contribution in [3.63, 3.8) is 0 Å². The topological polar surface area (TPSA) is 119 Å². The van der Waals surface area contributed by atoms with E-state index in [1.54, 1.807) is 18.2 Å². The fourth-order valence-corrected chi connectivity index (χ4v) is 5.77. The second-order valence-corrected chi connectivity index (χ2v) is 11.6. The van der Waals surface area contributed by atoms with Crippen LogP contribution in [0.15, 0.2) is 155 Å². The Morgan fingerprint density at radius 2 is 1.12 bits per heavy atom. The minimum Gasteiger partial charge on any atom is -0.478 e. The van der Waals surface area contributed by atoms with Gasteiger partial charge >= 0.3 is 11.9 Å². The van der Waals surface area contributed by atoms with Gasteiger partial charge in [0.15, 0.2) is 0 Å². The summed E-state index contributed by atoms with van der Waals surface area (Å²) in [5.41, 5.74) is 4.13. The lowest BCUT2D eigenvalue weighted by molar-refractivity contribution is -0.253. The molecule has 0 bridgehead atoms. The summed E-state index contributed by atoms with van der Waals surface area (Å²) in [6.45, 7) is 1.98. The molecule has 2 N–H and O–H groups in total. The number of ether oxygens (including phenoxy) is 2. The highest BCUT2D eigenvalue weighted by molar-refractivity contribution is 7.99. The van der Waals surface area contributed by atoms with Gasteiger partial charge in [-0.15, -0.1) is 0 Å². The van der Waals surface area contributed by atoms with Crippen molar-refractivity contribution < 1.29 is 39.1 Å².